The van der Waals surface area contributed by atoms with Crippen LogP contribution in [0, 0.1) is 0 Å². The molecule has 2 N–H and O–H groups in total. The molecule has 0 aliphatic rings. The quantitative estimate of drug-likeness (QED) is 0.291. The number of carbonyl (C=O) groups is 2. The number of aromatic amines is 1. The summed E-state index contributed by atoms with van der Waals surface area (Å²) in [5.74, 6) is -1.36. The van der Waals surface area contributed by atoms with Crippen LogP contribution in [0.25, 0.3) is 10.9 Å². The molecule has 0 fully saturated rings. The van der Waals surface area contributed by atoms with Gasteiger partial charge >= 0.3 is 5.97 Å². The Morgan fingerprint density at radius 2 is 1.82 bits per heavy atom. The number of benzene rings is 2. The summed E-state index contributed by atoms with van der Waals surface area (Å²) in [6, 6.07) is 12.0. The normalized spacial score (nSPS) is 11.4. The van der Waals surface area contributed by atoms with Crippen LogP contribution in [0.1, 0.15) is 42.3 Å². The first-order valence-corrected chi connectivity index (χ1v) is 10.7. The second kappa shape index (κ2) is 10.1. The predicted molar refractivity (Wildman–Crippen MR) is 124 cm³/mol. The molecule has 0 saturated carbocycles. The van der Waals surface area contributed by atoms with Gasteiger partial charge in [0, 0.05) is 16.8 Å². The summed E-state index contributed by atoms with van der Waals surface area (Å²) < 4.78 is 5.21. The van der Waals surface area contributed by atoms with E-state index in [1.807, 2.05) is 45.0 Å². The van der Waals surface area contributed by atoms with E-state index in [-0.39, 0.29) is 6.61 Å². The molecule has 9 heteroatoms. The number of hydroxylamine groups is 2. The van der Waals surface area contributed by atoms with Crippen molar-refractivity contribution < 1.29 is 24.3 Å². The van der Waals surface area contributed by atoms with E-state index in [1.54, 1.807) is 6.07 Å². The van der Waals surface area contributed by atoms with E-state index in [4.69, 9.17) is 21.2 Å². The number of carbonyl (C=O) groups excluding carboxylic acids is 2. The fraction of sp³-hybridized carbons (Fsp3) is 0.292. The van der Waals surface area contributed by atoms with Gasteiger partial charge in [-0.3, -0.25) is 14.4 Å². The van der Waals surface area contributed by atoms with Gasteiger partial charge in [-0.05, 0) is 50.1 Å². The maximum Gasteiger partial charge on any atom is 0.347 e. The smallest absolute Gasteiger partial charge is 0.347 e. The molecule has 0 aliphatic carbocycles. The summed E-state index contributed by atoms with van der Waals surface area (Å²) in [7, 11) is 0. The molecule has 174 valence electrons. The zero-order chi connectivity index (χ0) is 24.2. The number of fused-ring (bicyclic) bond motifs is 1. The fourth-order valence-electron chi connectivity index (χ4n) is 3.21. The summed E-state index contributed by atoms with van der Waals surface area (Å²) in [5, 5.41) is 12.3. The minimum atomic E-state index is -0.914. The average molecular weight is 473 g/mol. The Morgan fingerprint density at radius 1 is 1.15 bits per heavy atom. The molecule has 1 heterocycles. The monoisotopic (exact) mass is 472 g/mol. The summed E-state index contributed by atoms with van der Waals surface area (Å²) in [6.45, 7) is 5.88. The lowest BCUT2D eigenvalue weighted by molar-refractivity contribution is -0.220. The minimum absolute atomic E-state index is 0.0172. The van der Waals surface area contributed by atoms with E-state index in [0.717, 1.165) is 11.1 Å². The largest absolute Gasteiger partial charge is 0.506 e. The Labute approximate surface area is 195 Å². The van der Waals surface area contributed by atoms with Gasteiger partial charge < -0.3 is 14.8 Å². The van der Waals surface area contributed by atoms with Crippen molar-refractivity contribution in [2.45, 2.75) is 39.3 Å². The van der Waals surface area contributed by atoms with Gasteiger partial charge in [0.15, 0.2) is 5.56 Å². The summed E-state index contributed by atoms with van der Waals surface area (Å²) in [4.78, 5) is 44.0. The van der Waals surface area contributed by atoms with Crippen LogP contribution in [0.2, 0.25) is 5.02 Å². The van der Waals surface area contributed by atoms with Crippen molar-refractivity contribution in [1.29, 1.82) is 0 Å². The maximum absolute atomic E-state index is 12.4. The molecule has 1 aromatic heterocycles. The highest BCUT2D eigenvalue weighted by molar-refractivity contribution is 6.31. The molecule has 0 bridgehead atoms. The molecule has 3 aromatic rings. The molecule has 0 radical (unpaired) electrons. The number of amides is 1. The standard InChI is InChI=1S/C24H25ClN2O6/c1-24(2,3)33-27(14-28)13-16-6-4-15(5-7-16)10-11-32-23(31)20-21(29)18-9-8-17(25)12-19(18)26-22(20)30/h4-9,12,14H,10-11,13H2,1-3H3,(H2,26,29,30). The van der Waals surface area contributed by atoms with Gasteiger partial charge in [0.1, 0.15) is 5.75 Å². The van der Waals surface area contributed by atoms with Crippen LogP contribution in [-0.2, 0) is 27.3 Å². The number of aromatic nitrogens is 1. The van der Waals surface area contributed by atoms with Gasteiger partial charge in [0.2, 0.25) is 6.41 Å². The van der Waals surface area contributed by atoms with Crippen LogP contribution in [0.3, 0.4) is 0 Å². The molecule has 3 rings (SSSR count). The Morgan fingerprint density at radius 3 is 2.45 bits per heavy atom. The van der Waals surface area contributed by atoms with Gasteiger partial charge in [-0.1, -0.05) is 35.9 Å². The van der Waals surface area contributed by atoms with Crippen molar-refractivity contribution in [1.82, 2.24) is 10.0 Å². The zero-order valence-electron chi connectivity index (χ0n) is 18.6. The van der Waals surface area contributed by atoms with Crippen LogP contribution >= 0.6 is 11.6 Å². The number of nitrogens with zero attached hydrogens (tertiary/aromatic N) is 1. The van der Waals surface area contributed by atoms with Crippen LogP contribution < -0.4 is 5.56 Å². The first-order valence-electron chi connectivity index (χ1n) is 10.3. The molecule has 0 aliphatic heterocycles. The number of ether oxygens (including phenoxy) is 1. The summed E-state index contributed by atoms with van der Waals surface area (Å²) in [5.41, 5.74) is 0.399. The highest BCUT2D eigenvalue weighted by Crippen LogP contribution is 2.27. The van der Waals surface area contributed by atoms with Gasteiger partial charge in [-0.15, -0.1) is 0 Å². The molecule has 1 amide bonds. The second-order valence-electron chi connectivity index (χ2n) is 8.45. The SMILES string of the molecule is CC(C)(C)ON(C=O)Cc1ccc(CCOC(=O)c2c(O)c3ccc(Cl)cc3[nH]c2=O)cc1. The van der Waals surface area contributed by atoms with Crippen molar-refractivity contribution in [3.63, 3.8) is 0 Å². The van der Waals surface area contributed by atoms with Crippen LogP contribution in [-0.4, -0.2) is 39.7 Å². The minimum Gasteiger partial charge on any atom is -0.506 e. The predicted octanol–water partition coefficient (Wildman–Crippen LogP) is 3.98. The number of hydrogen-bond acceptors (Lipinski definition) is 6. The van der Waals surface area contributed by atoms with Crippen molar-refractivity contribution >= 4 is 34.9 Å². The Hall–Kier alpha value is -3.36. The molecule has 0 spiro atoms. The zero-order valence-corrected chi connectivity index (χ0v) is 19.3. The van der Waals surface area contributed by atoms with Gasteiger partial charge in [0.05, 0.1) is 24.3 Å². The van der Waals surface area contributed by atoms with E-state index < -0.39 is 28.4 Å². The number of hydrogen-bond donors (Lipinski definition) is 2. The van der Waals surface area contributed by atoms with Crippen molar-refractivity contribution in [2.75, 3.05) is 6.61 Å². The number of esters is 1. The van der Waals surface area contributed by atoms with Crippen molar-refractivity contribution in [3.05, 3.63) is 74.5 Å². The number of halogens is 1. The second-order valence-corrected chi connectivity index (χ2v) is 8.89. The number of H-pyrrole nitrogens is 1. The molecule has 8 nitrogen and oxygen atoms in total. The average Bonchev–Trinajstić information content (AvgIpc) is 2.73. The Bertz CT molecular complexity index is 1210. The number of rotatable bonds is 8. The maximum atomic E-state index is 12.4. The molecule has 0 unspecified atom stereocenters. The molecule has 2 aromatic carbocycles. The van der Waals surface area contributed by atoms with E-state index in [0.29, 0.717) is 35.3 Å². The van der Waals surface area contributed by atoms with Crippen molar-refractivity contribution in [2.24, 2.45) is 0 Å². The summed E-state index contributed by atoms with van der Waals surface area (Å²) >= 11 is 5.90. The van der Waals surface area contributed by atoms with Gasteiger partial charge in [-0.2, -0.15) is 0 Å². The third-order valence-electron chi connectivity index (χ3n) is 4.65. The third kappa shape index (κ3) is 6.34. The van der Waals surface area contributed by atoms with E-state index in [9.17, 15) is 19.5 Å². The highest BCUT2D eigenvalue weighted by atomic mass is 35.5. The van der Waals surface area contributed by atoms with Crippen LogP contribution in [0.4, 0.5) is 0 Å². The third-order valence-corrected chi connectivity index (χ3v) is 4.88. The Kier molecular flexibility index (Phi) is 7.40. The molecule has 0 saturated heterocycles. The lowest BCUT2D eigenvalue weighted by Crippen LogP contribution is -2.32. The van der Waals surface area contributed by atoms with Crippen LogP contribution in [0.5, 0.6) is 5.75 Å². The van der Waals surface area contributed by atoms with E-state index in [1.165, 1.54) is 17.2 Å². The van der Waals surface area contributed by atoms with Crippen molar-refractivity contribution in [3.8, 4) is 5.75 Å². The van der Waals surface area contributed by atoms with E-state index in [2.05, 4.69) is 4.98 Å². The highest BCUT2D eigenvalue weighted by Gasteiger charge is 2.21. The lowest BCUT2D eigenvalue weighted by atomic mass is 10.1. The first kappa shape index (κ1) is 24.3. The molecule has 33 heavy (non-hydrogen) atoms. The molecular formula is C24H25ClN2O6. The molecular weight excluding hydrogens is 448 g/mol. The molecule has 0 atom stereocenters. The first-order chi connectivity index (χ1) is 15.6. The Balaban J connectivity index is 1.60. The van der Waals surface area contributed by atoms with Gasteiger partial charge in [-0.25, -0.2) is 9.86 Å². The number of pyridine rings is 1. The topological polar surface area (TPSA) is 109 Å². The number of aromatic hydroxyl groups is 1. The fourth-order valence-corrected chi connectivity index (χ4v) is 3.38. The van der Waals surface area contributed by atoms with E-state index >= 15 is 0 Å². The summed E-state index contributed by atoms with van der Waals surface area (Å²) in [6.07, 6.45) is 1.04. The lowest BCUT2D eigenvalue weighted by Gasteiger charge is -2.26. The van der Waals surface area contributed by atoms with Gasteiger partial charge in [0.25, 0.3) is 5.56 Å². The van der Waals surface area contributed by atoms with Crippen LogP contribution in [0.15, 0.2) is 47.3 Å². The number of nitrogens with one attached hydrogen (secondary N) is 1.